The van der Waals surface area contributed by atoms with E-state index in [1.807, 2.05) is 12.1 Å². The average Bonchev–Trinajstić information content (AvgIpc) is 2.82. The molecule has 0 aliphatic heterocycles. The molecule has 1 aromatic rings. The van der Waals surface area contributed by atoms with Gasteiger partial charge in [0.05, 0.1) is 18.1 Å². The fourth-order valence-corrected chi connectivity index (χ4v) is 3.64. The van der Waals surface area contributed by atoms with Gasteiger partial charge < -0.3 is 10.4 Å². The van der Waals surface area contributed by atoms with E-state index in [9.17, 15) is 9.90 Å². The first kappa shape index (κ1) is 13.6. The standard InChI is InChI=1S/C17H23NO2/c19-16(12-17(20)10-4-1-5-11-17)18-15-9-8-13-6-2-3-7-14(13)15/h2-3,6-7,15,20H,1,4-5,8-12H2,(H,18,19). The first-order chi connectivity index (χ1) is 9.66. The molecular weight excluding hydrogens is 250 g/mol. The third kappa shape index (κ3) is 2.88. The predicted molar refractivity (Wildman–Crippen MR) is 78.3 cm³/mol. The molecule has 1 amide bonds. The number of hydrogen-bond donors (Lipinski definition) is 2. The first-order valence-corrected chi connectivity index (χ1v) is 7.76. The van der Waals surface area contributed by atoms with Gasteiger partial charge in [0.15, 0.2) is 0 Å². The summed E-state index contributed by atoms with van der Waals surface area (Å²) in [6, 6.07) is 8.44. The molecule has 1 aromatic carbocycles. The van der Waals surface area contributed by atoms with Crippen LogP contribution in [0.3, 0.4) is 0 Å². The summed E-state index contributed by atoms with van der Waals surface area (Å²) in [5.41, 5.74) is 1.83. The number of rotatable bonds is 3. The first-order valence-electron chi connectivity index (χ1n) is 7.76. The van der Waals surface area contributed by atoms with Crippen LogP contribution in [-0.2, 0) is 11.2 Å². The Morgan fingerprint density at radius 3 is 2.80 bits per heavy atom. The molecule has 108 valence electrons. The van der Waals surface area contributed by atoms with Crippen LogP contribution in [-0.4, -0.2) is 16.6 Å². The third-order valence-electron chi connectivity index (χ3n) is 4.74. The Bertz CT molecular complexity index is 492. The smallest absolute Gasteiger partial charge is 0.223 e. The number of aryl methyl sites for hydroxylation is 1. The number of amides is 1. The summed E-state index contributed by atoms with van der Waals surface area (Å²) >= 11 is 0. The van der Waals surface area contributed by atoms with Gasteiger partial charge in [0, 0.05) is 0 Å². The van der Waals surface area contributed by atoms with Gasteiger partial charge in [-0.1, -0.05) is 43.5 Å². The largest absolute Gasteiger partial charge is 0.389 e. The molecule has 1 atom stereocenters. The molecule has 0 heterocycles. The summed E-state index contributed by atoms with van der Waals surface area (Å²) < 4.78 is 0. The molecule has 1 saturated carbocycles. The lowest BCUT2D eigenvalue weighted by Gasteiger charge is -2.31. The number of carbonyl (C=O) groups is 1. The summed E-state index contributed by atoms with van der Waals surface area (Å²) in [5, 5.41) is 13.6. The summed E-state index contributed by atoms with van der Waals surface area (Å²) in [5.74, 6) is -0.00361. The van der Waals surface area contributed by atoms with E-state index in [2.05, 4.69) is 17.4 Å². The Balaban J connectivity index is 1.60. The Labute approximate surface area is 120 Å². The maximum absolute atomic E-state index is 12.2. The van der Waals surface area contributed by atoms with Crippen molar-refractivity contribution in [2.45, 2.75) is 63.0 Å². The van der Waals surface area contributed by atoms with Gasteiger partial charge in [0.25, 0.3) is 0 Å². The maximum atomic E-state index is 12.2. The number of hydrogen-bond acceptors (Lipinski definition) is 2. The monoisotopic (exact) mass is 273 g/mol. The molecule has 3 nitrogen and oxygen atoms in total. The van der Waals surface area contributed by atoms with E-state index in [-0.39, 0.29) is 18.4 Å². The SMILES string of the molecule is O=C(CC1(O)CCCCC1)NC1CCc2ccccc21. The van der Waals surface area contributed by atoms with Crippen molar-refractivity contribution in [1.82, 2.24) is 5.32 Å². The topological polar surface area (TPSA) is 49.3 Å². The molecule has 0 radical (unpaired) electrons. The molecule has 1 fully saturated rings. The highest BCUT2D eigenvalue weighted by Crippen LogP contribution is 2.33. The second kappa shape index (κ2) is 5.57. The van der Waals surface area contributed by atoms with E-state index < -0.39 is 5.60 Å². The Morgan fingerprint density at radius 2 is 2.00 bits per heavy atom. The van der Waals surface area contributed by atoms with Crippen molar-refractivity contribution in [1.29, 1.82) is 0 Å². The number of nitrogens with one attached hydrogen (secondary N) is 1. The lowest BCUT2D eigenvalue weighted by atomic mass is 9.82. The summed E-state index contributed by atoms with van der Waals surface area (Å²) in [4.78, 5) is 12.2. The number of benzene rings is 1. The van der Waals surface area contributed by atoms with Crippen LogP contribution in [0.5, 0.6) is 0 Å². The van der Waals surface area contributed by atoms with Gasteiger partial charge in [0.1, 0.15) is 0 Å². The van der Waals surface area contributed by atoms with Gasteiger partial charge >= 0.3 is 0 Å². The van der Waals surface area contributed by atoms with Crippen molar-refractivity contribution in [3.8, 4) is 0 Å². The Kier molecular flexibility index (Phi) is 3.79. The van der Waals surface area contributed by atoms with Crippen LogP contribution in [0.1, 0.15) is 62.1 Å². The molecule has 0 saturated heterocycles. The quantitative estimate of drug-likeness (QED) is 0.889. The van der Waals surface area contributed by atoms with Crippen molar-refractivity contribution in [3.05, 3.63) is 35.4 Å². The minimum absolute atomic E-state index is 0.00361. The second-order valence-electron chi connectivity index (χ2n) is 6.32. The van der Waals surface area contributed by atoms with Crippen molar-refractivity contribution >= 4 is 5.91 Å². The van der Waals surface area contributed by atoms with E-state index in [1.165, 1.54) is 17.5 Å². The molecule has 0 spiro atoms. The molecular formula is C17H23NO2. The third-order valence-corrected chi connectivity index (χ3v) is 4.74. The zero-order chi connectivity index (χ0) is 14.0. The van der Waals surface area contributed by atoms with Gasteiger partial charge in [0.2, 0.25) is 5.91 Å². The number of carbonyl (C=O) groups excluding carboxylic acids is 1. The van der Waals surface area contributed by atoms with E-state index in [0.29, 0.717) is 0 Å². The van der Waals surface area contributed by atoms with E-state index >= 15 is 0 Å². The van der Waals surface area contributed by atoms with Crippen LogP contribution in [0.4, 0.5) is 0 Å². The van der Waals surface area contributed by atoms with Crippen molar-refractivity contribution in [2.75, 3.05) is 0 Å². The predicted octanol–water partition coefficient (Wildman–Crippen LogP) is 2.88. The lowest BCUT2D eigenvalue weighted by molar-refractivity contribution is -0.128. The van der Waals surface area contributed by atoms with Gasteiger partial charge in [-0.15, -0.1) is 0 Å². The number of fused-ring (bicyclic) bond motifs is 1. The van der Waals surface area contributed by atoms with Gasteiger partial charge in [-0.3, -0.25) is 4.79 Å². The molecule has 3 rings (SSSR count). The molecule has 0 bridgehead atoms. The maximum Gasteiger partial charge on any atom is 0.223 e. The highest BCUT2D eigenvalue weighted by atomic mass is 16.3. The minimum Gasteiger partial charge on any atom is -0.389 e. The molecule has 1 unspecified atom stereocenters. The second-order valence-corrected chi connectivity index (χ2v) is 6.32. The van der Waals surface area contributed by atoms with Crippen LogP contribution < -0.4 is 5.32 Å². The fraction of sp³-hybridized carbons (Fsp3) is 0.588. The lowest BCUT2D eigenvalue weighted by Crippen LogP contribution is -2.39. The summed E-state index contributed by atoms with van der Waals surface area (Å²) in [6.45, 7) is 0. The van der Waals surface area contributed by atoms with Crippen molar-refractivity contribution < 1.29 is 9.90 Å². The highest BCUT2D eigenvalue weighted by molar-refractivity contribution is 5.77. The normalized spacial score (nSPS) is 24.1. The van der Waals surface area contributed by atoms with E-state index in [1.54, 1.807) is 0 Å². The van der Waals surface area contributed by atoms with Gasteiger partial charge in [-0.2, -0.15) is 0 Å². The molecule has 2 N–H and O–H groups in total. The molecule has 3 heteroatoms. The summed E-state index contributed by atoms with van der Waals surface area (Å²) in [7, 11) is 0. The van der Waals surface area contributed by atoms with Gasteiger partial charge in [-0.05, 0) is 36.8 Å². The molecule has 0 aromatic heterocycles. The van der Waals surface area contributed by atoms with Crippen molar-refractivity contribution in [2.24, 2.45) is 0 Å². The number of aliphatic hydroxyl groups is 1. The van der Waals surface area contributed by atoms with E-state index in [0.717, 1.165) is 38.5 Å². The highest BCUT2D eigenvalue weighted by Gasteiger charge is 2.33. The molecule has 20 heavy (non-hydrogen) atoms. The van der Waals surface area contributed by atoms with Crippen LogP contribution in [0, 0.1) is 0 Å². The zero-order valence-corrected chi connectivity index (χ0v) is 11.9. The van der Waals surface area contributed by atoms with Crippen molar-refractivity contribution in [3.63, 3.8) is 0 Å². The van der Waals surface area contributed by atoms with Crippen LogP contribution in [0.15, 0.2) is 24.3 Å². The minimum atomic E-state index is -0.763. The van der Waals surface area contributed by atoms with Gasteiger partial charge in [-0.25, -0.2) is 0 Å². The summed E-state index contributed by atoms with van der Waals surface area (Å²) in [6.07, 6.45) is 7.05. The fourth-order valence-electron chi connectivity index (χ4n) is 3.64. The Hall–Kier alpha value is -1.35. The van der Waals surface area contributed by atoms with Crippen LogP contribution in [0.25, 0.3) is 0 Å². The average molecular weight is 273 g/mol. The van der Waals surface area contributed by atoms with E-state index in [4.69, 9.17) is 0 Å². The van der Waals surface area contributed by atoms with Crippen LogP contribution >= 0.6 is 0 Å². The molecule has 2 aliphatic rings. The van der Waals surface area contributed by atoms with Crippen LogP contribution in [0.2, 0.25) is 0 Å². The zero-order valence-electron chi connectivity index (χ0n) is 11.9. The Morgan fingerprint density at radius 1 is 1.25 bits per heavy atom. The molecule has 2 aliphatic carbocycles.